The van der Waals surface area contributed by atoms with Crippen LogP contribution < -0.4 is 5.32 Å². The number of carbonyl (C=O) groups excluding carboxylic acids is 1. The Hall–Kier alpha value is -2.65. The summed E-state index contributed by atoms with van der Waals surface area (Å²) < 4.78 is 4.84. The maximum absolute atomic E-state index is 12.2. The Labute approximate surface area is 122 Å². The summed E-state index contributed by atoms with van der Waals surface area (Å²) in [6, 6.07) is 5.31. The van der Waals surface area contributed by atoms with Crippen molar-refractivity contribution in [2.24, 2.45) is 0 Å². The number of benzene rings is 1. The summed E-state index contributed by atoms with van der Waals surface area (Å²) in [5.41, 5.74) is 2.04. The average molecular weight is 285 g/mol. The Morgan fingerprint density at radius 3 is 2.90 bits per heavy atom. The summed E-state index contributed by atoms with van der Waals surface area (Å²) in [5.74, 6) is 5.97. The molecule has 0 atom stereocenters. The predicted molar refractivity (Wildman–Crippen MR) is 75.3 cm³/mol. The number of hydrogen-bond acceptors (Lipinski definition) is 5. The number of aryl methyl sites for hydroxylation is 2. The lowest BCUT2D eigenvalue weighted by atomic mass is 10.0. The van der Waals surface area contributed by atoms with E-state index in [1.54, 1.807) is 19.1 Å². The molecule has 1 amide bonds. The predicted octanol–water partition coefficient (Wildman–Crippen LogP) is 0.960. The molecular formula is C15H15N3O3. The van der Waals surface area contributed by atoms with Gasteiger partial charge in [-0.3, -0.25) is 4.79 Å². The van der Waals surface area contributed by atoms with Crippen LogP contribution in [-0.2, 0) is 6.54 Å². The van der Waals surface area contributed by atoms with E-state index in [-0.39, 0.29) is 19.1 Å². The SMILES string of the molecule is Cc1nc(CNC(=O)c2cc(C#CCO)ccc2C)no1. The van der Waals surface area contributed by atoms with Gasteiger partial charge in [0.25, 0.3) is 5.91 Å². The van der Waals surface area contributed by atoms with Gasteiger partial charge in [-0.05, 0) is 24.6 Å². The molecule has 0 radical (unpaired) electrons. The van der Waals surface area contributed by atoms with E-state index in [2.05, 4.69) is 27.3 Å². The average Bonchev–Trinajstić information content (AvgIpc) is 2.89. The Morgan fingerprint density at radius 2 is 2.24 bits per heavy atom. The summed E-state index contributed by atoms with van der Waals surface area (Å²) in [6.07, 6.45) is 0. The highest BCUT2D eigenvalue weighted by atomic mass is 16.5. The molecule has 0 fully saturated rings. The molecule has 0 spiro atoms. The van der Waals surface area contributed by atoms with Crippen LogP contribution in [0.25, 0.3) is 0 Å². The van der Waals surface area contributed by atoms with Gasteiger partial charge in [-0.2, -0.15) is 4.98 Å². The van der Waals surface area contributed by atoms with Gasteiger partial charge in [0.2, 0.25) is 5.89 Å². The molecule has 6 nitrogen and oxygen atoms in total. The largest absolute Gasteiger partial charge is 0.384 e. The zero-order valence-corrected chi connectivity index (χ0v) is 11.8. The summed E-state index contributed by atoms with van der Waals surface area (Å²) in [4.78, 5) is 16.2. The lowest BCUT2D eigenvalue weighted by Gasteiger charge is -2.06. The van der Waals surface area contributed by atoms with Gasteiger partial charge in [0.15, 0.2) is 5.82 Å². The van der Waals surface area contributed by atoms with Crippen molar-refractivity contribution in [1.82, 2.24) is 15.5 Å². The first-order valence-corrected chi connectivity index (χ1v) is 6.38. The van der Waals surface area contributed by atoms with Crippen LogP contribution in [-0.4, -0.2) is 27.8 Å². The summed E-state index contributed by atoms with van der Waals surface area (Å²) in [7, 11) is 0. The number of hydrogen-bond donors (Lipinski definition) is 2. The van der Waals surface area contributed by atoms with Gasteiger partial charge >= 0.3 is 0 Å². The summed E-state index contributed by atoms with van der Waals surface area (Å²) in [6.45, 7) is 3.51. The molecular weight excluding hydrogens is 270 g/mol. The van der Waals surface area contributed by atoms with Crippen LogP contribution in [0, 0.1) is 25.7 Å². The van der Waals surface area contributed by atoms with Crippen molar-refractivity contribution in [3.05, 3.63) is 46.6 Å². The number of aliphatic hydroxyl groups excluding tert-OH is 1. The van der Waals surface area contributed by atoms with Gasteiger partial charge in [-0.25, -0.2) is 0 Å². The lowest BCUT2D eigenvalue weighted by Crippen LogP contribution is -2.24. The smallest absolute Gasteiger partial charge is 0.251 e. The number of rotatable bonds is 3. The molecule has 0 aliphatic rings. The molecule has 0 aliphatic carbocycles. The molecule has 0 saturated carbocycles. The highest BCUT2D eigenvalue weighted by Crippen LogP contribution is 2.11. The molecule has 1 aromatic carbocycles. The second-order valence-corrected chi connectivity index (χ2v) is 4.40. The van der Waals surface area contributed by atoms with Gasteiger partial charge in [-0.15, -0.1) is 0 Å². The summed E-state index contributed by atoms with van der Waals surface area (Å²) >= 11 is 0. The second-order valence-electron chi connectivity index (χ2n) is 4.40. The standard InChI is InChI=1S/C15H15N3O3/c1-10-5-6-12(4-3-7-19)8-13(10)15(20)16-9-14-17-11(2)21-18-14/h5-6,8,19H,7,9H2,1-2H3,(H,16,20). The topological polar surface area (TPSA) is 88.2 Å². The van der Waals surface area contributed by atoms with Crippen LogP contribution in [0.4, 0.5) is 0 Å². The third-order valence-corrected chi connectivity index (χ3v) is 2.77. The molecule has 108 valence electrons. The van der Waals surface area contributed by atoms with Crippen LogP contribution in [0.3, 0.4) is 0 Å². The van der Waals surface area contributed by atoms with E-state index in [0.717, 1.165) is 5.56 Å². The maximum Gasteiger partial charge on any atom is 0.251 e. The van der Waals surface area contributed by atoms with E-state index in [4.69, 9.17) is 9.63 Å². The Kier molecular flexibility index (Phi) is 4.69. The zero-order valence-electron chi connectivity index (χ0n) is 11.8. The lowest BCUT2D eigenvalue weighted by molar-refractivity contribution is 0.0949. The molecule has 0 saturated heterocycles. The number of nitrogens with zero attached hydrogens (tertiary/aromatic N) is 2. The molecule has 2 aromatic rings. The van der Waals surface area contributed by atoms with Gasteiger partial charge in [-0.1, -0.05) is 23.1 Å². The molecule has 2 N–H and O–H groups in total. The van der Waals surface area contributed by atoms with Crippen molar-refractivity contribution in [3.63, 3.8) is 0 Å². The first-order valence-electron chi connectivity index (χ1n) is 6.38. The number of amides is 1. The molecule has 6 heteroatoms. The molecule has 0 aliphatic heterocycles. The van der Waals surface area contributed by atoms with Crippen LogP contribution in [0.2, 0.25) is 0 Å². The van der Waals surface area contributed by atoms with Gasteiger partial charge < -0.3 is 14.9 Å². The van der Waals surface area contributed by atoms with E-state index < -0.39 is 0 Å². The molecule has 0 bridgehead atoms. The molecule has 2 rings (SSSR count). The maximum atomic E-state index is 12.2. The highest BCUT2D eigenvalue weighted by molar-refractivity contribution is 5.95. The third kappa shape index (κ3) is 3.91. The van der Waals surface area contributed by atoms with Gasteiger partial charge in [0.05, 0.1) is 6.54 Å². The number of nitrogens with one attached hydrogen (secondary N) is 1. The Bertz CT molecular complexity index is 710. The normalized spacial score (nSPS) is 9.86. The van der Waals surface area contributed by atoms with Crippen LogP contribution in [0.15, 0.2) is 22.7 Å². The van der Waals surface area contributed by atoms with Crippen molar-refractivity contribution in [2.45, 2.75) is 20.4 Å². The monoisotopic (exact) mass is 285 g/mol. The molecule has 21 heavy (non-hydrogen) atoms. The van der Waals surface area contributed by atoms with Crippen LogP contribution in [0.5, 0.6) is 0 Å². The quantitative estimate of drug-likeness (QED) is 0.820. The zero-order chi connectivity index (χ0) is 15.2. The Morgan fingerprint density at radius 1 is 1.43 bits per heavy atom. The minimum atomic E-state index is -0.234. The van der Waals surface area contributed by atoms with Gasteiger partial charge in [0.1, 0.15) is 6.61 Å². The minimum absolute atomic E-state index is 0.197. The molecule has 1 heterocycles. The minimum Gasteiger partial charge on any atom is -0.384 e. The van der Waals surface area contributed by atoms with Crippen molar-refractivity contribution in [2.75, 3.05) is 6.61 Å². The number of aliphatic hydroxyl groups is 1. The number of carbonyl (C=O) groups is 1. The van der Waals surface area contributed by atoms with E-state index in [0.29, 0.717) is 22.8 Å². The first-order chi connectivity index (χ1) is 10.1. The first kappa shape index (κ1) is 14.8. The fourth-order valence-electron chi connectivity index (χ4n) is 1.75. The van der Waals surface area contributed by atoms with Crippen molar-refractivity contribution in [3.8, 4) is 11.8 Å². The van der Waals surface area contributed by atoms with Crippen LogP contribution >= 0.6 is 0 Å². The molecule has 0 unspecified atom stereocenters. The third-order valence-electron chi connectivity index (χ3n) is 2.77. The van der Waals surface area contributed by atoms with E-state index in [1.807, 2.05) is 13.0 Å². The Balaban J connectivity index is 2.10. The summed E-state index contributed by atoms with van der Waals surface area (Å²) in [5, 5.41) is 15.1. The van der Waals surface area contributed by atoms with E-state index in [9.17, 15) is 4.79 Å². The van der Waals surface area contributed by atoms with Crippen molar-refractivity contribution >= 4 is 5.91 Å². The van der Waals surface area contributed by atoms with E-state index >= 15 is 0 Å². The highest BCUT2D eigenvalue weighted by Gasteiger charge is 2.11. The van der Waals surface area contributed by atoms with Crippen molar-refractivity contribution in [1.29, 1.82) is 0 Å². The molecule has 1 aromatic heterocycles. The van der Waals surface area contributed by atoms with Crippen LogP contribution in [0.1, 0.15) is 33.2 Å². The van der Waals surface area contributed by atoms with E-state index in [1.165, 1.54) is 0 Å². The van der Waals surface area contributed by atoms with Crippen molar-refractivity contribution < 1.29 is 14.4 Å². The van der Waals surface area contributed by atoms with Gasteiger partial charge in [0, 0.05) is 18.1 Å². The fourth-order valence-corrected chi connectivity index (χ4v) is 1.75. The number of aromatic nitrogens is 2. The fraction of sp³-hybridized carbons (Fsp3) is 0.267. The second kappa shape index (κ2) is 6.68.